The summed E-state index contributed by atoms with van der Waals surface area (Å²) >= 11 is 0. The Morgan fingerprint density at radius 1 is 1.10 bits per heavy atom. The van der Waals surface area contributed by atoms with Crippen molar-refractivity contribution in [1.29, 1.82) is 0 Å². The lowest BCUT2D eigenvalue weighted by atomic mass is 10.1. The fourth-order valence-corrected chi connectivity index (χ4v) is 2.47. The number of piperazine rings is 1. The van der Waals surface area contributed by atoms with Gasteiger partial charge < -0.3 is 5.11 Å². The lowest BCUT2D eigenvalue weighted by Crippen LogP contribution is -2.48. The molecule has 1 saturated heterocycles. The Hall–Kier alpha value is -1.60. The number of aromatic carboxylic acids is 1. The molecular formula is C14H17F3N2O2. The summed E-state index contributed by atoms with van der Waals surface area (Å²) in [4.78, 5) is 14.5. The summed E-state index contributed by atoms with van der Waals surface area (Å²) in [5.41, 5.74) is 0.935. The second-order valence-electron chi connectivity index (χ2n) is 5.13. The second kappa shape index (κ2) is 6.44. The van der Waals surface area contributed by atoms with Crippen LogP contribution in [-0.2, 0) is 6.54 Å². The number of hydrogen-bond donors (Lipinski definition) is 1. The molecule has 0 amide bonds. The molecule has 0 unspecified atom stereocenters. The maximum absolute atomic E-state index is 12.3. The lowest BCUT2D eigenvalue weighted by molar-refractivity contribution is -0.149. The van der Waals surface area contributed by atoms with E-state index in [0.29, 0.717) is 38.3 Å². The van der Waals surface area contributed by atoms with Crippen molar-refractivity contribution < 1.29 is 23.1 Å². The third-order valence-electron chi connectivity index (χ3n) is 3.51. The number of carboxylic acid groups (broad SMARTS) is 1. The van der Waals surface area contributed by atoms with Crippen LogP contribution in [0, 0.1) is 0 Å². The molecule has 2 rings (SSSR count). The van der Waals surface area contributed by atoms with Crippen molar-refractivity contribution in [2.24, 2.45) is 0 Å². The van der Waals surface area contributed by atoms with Crippen LogP contribution >= 0.6 is 0 Å². The fourth-order valence-electron chi connectivity index (χ4n) is 2.47. The van der Waals surface area contributed by atoms with E-state index in [0.717, 1.165) is 0 Å². The van der Waals surface area contributed by atoms with Crippen molar-refractivity contribution in [3.8, 4) is 0 Å². The standard InChI is InChI=1S/C14H17F3N2O2/c15-14(16,17)10-19-7-5-18(6-8-19)9-11-3-1-2-4-12(11)13(20)21/h1-4H,5-10H2,(H,20,21). The molecule has 0 saturated carbocycles. The van der Waals surface area contributed by atoms with Gasteiger partial charge in [-0.15, -0.1) is 0 Å². The van der Waals surface area contributed by atoms with Crippen molar-refractivity contribution >= 4 is 5.97 Å². The minimum Gasteiger partial charge on any atom is -0.478 e. The van der Waals surface area contributed by atoms with Crippen molar-refractivity contribution in [3.05, 3.63) is 35.4 Å². The Bertz CT molecular complexity index is 497. The number of carboxylic acids is 1. The van der Waals surface area contributed by atoms with E-state index in [1.807, 2.05) is 4.90 Å². The first kappa shape index (κ1) is 15.8. The van der Waals surface area contributed by atoms with E-state index < -0.39 is 18.7 Å². The summed E-state index contributed by atoms with van der Waals surface area (Å²) in [6, 6.07) is 6.71. The Labute approximate surface area is 120 Å². The molecule has 0 spiro atoms. The van der Waals surface area contributed by atoms with Crippen molar-refractivity contribution in [2.45, 2.75) is 12.7 Å². The molecule has 1 aliphatic rings. The summed E-state index contributed by atoms with van der Waals surface area (Å²) in [5, 5.41) is 9.11. The zero-order chi connectivity index (χ0) is 15.5. The Balaban J connectivity index is 1.91. The quantitative estimate of drug-likeness (QED) is 0.924. The van der Waals surface area contributed by atoms with Crippen LogP contribution < -0.4 is 0 Å². The third-order valence-corrected chi connectivity index (χ3v) is 3.51. The molecule has 21 heavy (non-hydrogen) atoms. The maximum Gasteiger partial charge on any atom is 0.401 e. The number of rotatable bonds is 4. The predicted octanol–water partition coefficient (Wildman–Crippen LogP) is 2.06. The van der Waals surface area contributed by atoms with Crippen LogP contribution in [-0.4, -0.2) is 59.8 Å². The molecule has 7 heteroatoms. The van der Waals surface area contributed by atoms with Crippen LogP contribution in [0.5, 0.6) is 0 Å². The maximum atomic E-state index is 12.3. The minimum absolute atomic E-state index is 0.246. The average Bonchev–Trinajstić information content (AvgIpc) is 2.40. The van der Waals surface area contributed by atoms with Crippen LogP contribution in [0.1, 0.15) is 15.9 Å². The minimum atomic E-state index is -4.17. The molecule has 1 aliphatic heterocycles. The largest absolute Gasteiger partial charge is 0.478 e. The number of benzene rings is 1. The zero-order valence-electron chi connectivity index (χ0n) is 11.4. The van der Waals surface area contributed by atoms with E-state index in [2.05, 4.69) is 0 Å². The number of carbonyl (C=O) groups is 1. The molecule has 1 aromatic rings. The topological polar surface area (TPSA) is 43.8 Å². The number of halogens is 3. The SMILES string of the molecule is O=C(O)c1ccccc1CN1CCN(CC(F)(F)F)CC1. The van der Waals surface area contributed by atoms with Crippen molar-refractivity contribution in [2.75, 3.05) is 32.7 Å². The lowest BCUT2D eigenvalue weighted by Gasteiger charge is -2.35. The molecule has 1 N–H and O–H groups in total. The van der Waals surface area contributed by atoms with Crippen LogP contribution in [0.25, 0.3) is 0 Å². The zero-order valence-corrected chi connectivity index (χ0v) is 11.4. The predicted molar refractivity (Wildman–Crippen MR) is 71.2 cm³/mol. The highest BCUT2D eigenvalue weighted by Gasteiger charge is 2.32. The van der Waals surface area contributed by atoms with E-state index in [1.165, 1.54) is 11.0 Å². The first-order chi connectivity index (χ1) is 9.85. The Kier molecular flexibility index (Phi) is 4.84. The van der Waals surface area contributed by atoms with Gasteiger partial charge in [-0.25, -0.2) is 4.79 Å². The summed E-state index contributed by atoms with van der Waals surface area (Å²) in [6.45, 7) is 1.26. The number of nitrogens with zero attached hydrogens (tertiary/aromatic N) is 2. The first-order valence-electron chi connectivity index (χ1n) is 6.68. The van der Waals surface area contributed by atoms with Crippen LogP contribution in [0.4, 0.5) is 13.2 Å². The second-order valence-corrected chi connectivity index (χ2v) is 5.13. The smallest absolute Gasteiger partial charge is 0.401 e. The molecule has 0 atom stereocenters. The van der Waals surface area contributed by atoms with Gasteiger partial charge in [-0.3, -0.25) is 9.80 Å². The highest BCUT2D eigenvalue weighted by atomic mass is 19.4. The molecule has 4 nitrogen and oxygen atoms in total. The molecule has 1 aromatic carbocycles. The van der Waals surface area contributed by atoms with Gasteiger partial charge in [0.2, 0.25) is 0 Å². The van der Waals surface area contributed by atoms with Gasteiger partial charge in [-0.05, 0) is 11.6 Å². The molecule has 1 heterocycles. The van der Waals surface area contributed by atoms with Gasteiger partial charge in [-0.1, -0.05) is 18.2 Å². The summed E-state index contributed by atoms with van der Waals surface area (Å²) in [5.74, 6) is -0.985. The van der Waals surface area contributed by atoms with E-state index in [4.69, 9.17) is 5.11 Å². The Morgan fingerprint density at radius 3 is 2.24 bits per heavy atom. The number of alkyl halides is 3. The van der Waals surface area contributed by atoms with Crippen LogP contribution in [0.15, 0.2) is 24.3 Å². The molecule has 116 valence electrons. The van der Waals surface area contributed by atoms with Crippen LogP contribution in [0.2, 0.25) is 0 Å². The van der Waals surface area contributed by atoms with E-state index in [-0.39, 0.29) is 5.56 Å². The Morgan fingerprint density at radius 2 is 1.67 bits per heavy atom. The molecule has 0 aromatic heterocycles. The molecular weight excluding hydrogens is 285 g/mol. The van der Waals surface area contributed by atoms with E-state index in [9.17, 15) is 18.0 Å². The van der Waals surface area contributed by atoms with Gasteiger partial charge in [0.05, 0.1) is 12.1 Å². The summed E-state index contributed by atoms with van der Waals surface area (Å²) in [6.07, 6.45) is -4.17. The molecule has 0 radical (unpaired) electrons. The molecule has 0 bridgehead atoms. The molecule has 1 fully saturated rings. The van der Waals surface area contributed by atoms with E-state index in [1.54, 1.807) is 18.2 Å². The van der Waals surface area contributed by atoms with Gasteiger partial charge in [0.25, 0.3) is 0 Å². The fraction of sp³-hybridized carbons (Fsp3) is 0.500. The number of hydrogen-bond acceptors (Lipinski definition) is 3. The normalized spacial score (nSPS) is 17.9. The first-order valence-corrected chi connectivity index (χ1v) is 6.68. The summed E-state index contributed by atoms with van der Waals surface area (Å²) in [7, 11) is 0. The van der Waals surface area contributed by atoms with Crippen LogP contribution in [0.3, 0.4) is 0 Å². The van der Waals surface area contributed by atoms with Gasteiger partial charge in [0.15, 0.2) is 0 Å². The van der Waals surface area contributed by atoms with Gasteiger partial charge in [0, 0.05) is 32.7 Å². The third kappa shape index (κ3) is 4.71. The average molecular weight is 302 g/mol. The van der Waals surface area contributed by atoms with Gasteiger partial charge >= 0.3 is 12.1 Å². The highest BCUT2D eigenvalue weighted by molar-refractivity contribution is 5.89. The monoisotopic (exact) mass is 302 g/mol. The van der Waals surface area contributed by atoms with Crippen molar-refractivity contribution in [3.63, 3.8) is 0 Å². The highest BCUT2D eigenvalue weighted by Crippen LogP contribution is 2.18. The van der Waals surface area contributed by atoms with Gasteiger partial charge in [-0.2, -0.15) is 13.2 Å². The van der Waals surface area contributed by atoms with Gasteiger partial charge in [0.1, 0.15) is 0 Å². The molecule has 0 aliphatic carbocycles. The summed E-state index contributed by atoms with van der Waals surface area (Å²) < 4.78 is 36.9. The van der Waals surface area contributed by atoms with Crippen molar-refractivity contribution in [1.82, 2.24) is 9.80 Å². The van der Waals surface area contributed by atoms with E-state index >= 15 is 0 Å².